The van der Waals surface area contributed by atoms with E-state index in [0.717, 1.165) is 29.1 Å². The quantitative estimate of drug-likeness (QED) is 0.593. The van der Waals surface area contributed by atoms with E-state index < -0.39 is 0 Å². The van der Waals surface area contributed by atoms with Crippen molar-refractivity contribution >= 4 is 32.8 Å². The van der Waals surface area contributed by atoms with E-state index in [1.54, 1.807) is 6.20 Å². The Morgan fingerprint density at radius 1 is 1.35 bits per heavy atom. The van der Waals surface area contributed by atoms with Gasteiger partial charge >= 0.3 is 0 Å². The number of nitriles is 1. The molecule has 0 aliphatic heterocycles. The van der Waals surface area contributed by atoms with Crippen molar-refractivity contribution in [3.05, 3.63) is 35.0 Å². The number of aromatic amines is 2. The average Bonchev–Trinajstić information content (AvgIpc) is 3.37. The minimum Gasteiger partial charge on any atom is -0.346 e. The summed E-state index contributed by atoms with van der Waals surface area (Å²) >= 11 is 0. The topological polar surface area (TPSA) is 103 Å². The lowest BCUT2D eigenvalue weighted by Crippen LogP contribution is -2.17. The Morgan fingerprint density at radius 3 is 3.00 bits per heavy atom. The lowest BCUT2D eigenvalue weighted by molar-refractivity contribution is 0.316. The lowest BCUT2D eigenvalue weighted by Gasteiger charge is -2.21. The predicted octanol–water partition coefficient (Wildman–Crippen LogP) is 3.40. The largest absolute Gasteiger partial charge is 0.346 e. The molecule has 1 unspecified atom stereocenters. The van der Waals surface area contributed by atoms with Crippen LogP contribution in [-0.2, 0) is 0 Å². The van der Waals surface area contributed by atoms with Crippen molar-refractivity contribution in [2.45, 2.75) is 38.1 Å². The molecule has 1 aliphatic carbocycles. The maximum atomic E-state index is 12.6. The van der Waals surface area contributed by atoms with Crippen molar-refractivity contribution in [3.8, 4) is 6.07 Å². The van der Waals surface area contributed by atoms with Crippen LogP contribution < -0.4 is 5.56 Å². The molecule has 4 aromatic heterocycles. The molecular weight excluding hydrogens is 328 g/mol. The van der Waals surface area contributed by atoms with Crippen LogP contribution >= 0.6 is 0 Å². The van der Waals surface area contributed by atoms with E-state index in [-0.39, 0.29) is 11.6 Å². The highest BCUT2D eigenvalue weighted by Crippen LogP contribution is 2.36. The Kier molecular flexibility index (Phi) is 3.32. The number of H-pyrrole nitrogens is 2. The molecular formula is C19H18N6O. The first-order chi connectivity index (χ1) is 12.8. The number of hydrogen-bond donors (Lipinski definition) is 2. The van der Waals surface area contributed by atoms with Gasteiger partial charge in [-0.1, -0.05) is 12.8 Å². The van der Waals surface area contributed by atoms with Crippen LogP contribution in [0.15, 0.2) is 29.5 Å². The van der Waals surface area contributed by atoms with Gasteiger partial charge in [-0.3, -0.25) is 9.48 Å². The molecule has 0 amide bonds. The standard InChI is InChI=1S/C19H18N6O/c20-7-5-15(11-3-1-2-4-11)25-10-14-17(24-25)12-6-8-21-18-16(12)13(9-22-18)19(26)23-14/h6,8-11,15H,1-5H2,(H,21,22)(H,23,26). The molecule has 2 N–H and O–H groups in total. The van der Waals surface area contributed by atoms with Gasteiger partial charge < -0.3 is 9.97 Å². The molecule has 130 valence electrons. The van der Waals surface area contributed by atoms with Gasteiger partial charge in [0.1, 0.15) is 11.2 Å². The molecule has 4 aromatic rings. The van der Waals surface area contributed by atoms with Crippen LogP contribution in [0, 0.1) is 17.2 Å². The fourth-order valence-electron chi connectivity index (χ4n) is 4.38. The second-order valence-electron chi connectivity index (χ2n) is 7.09. The summed E-state index contributed by atoms with van der Waals surface area (Å²) in [5.41, 5.74) is 1.94. The zero-order valence-corrected chi connectivity index (χ0v) is 14.2. The van der Waals surface area contributed by atoms with Crippen molar-refractivity contribution in [1.29, 1.82) is 5.26 Å². The summed E-state index contributed by atoms with van der Waals surface area (Å²) in [6, 6.07) is 4.29. The highest BCUT2D eigenvalue weighted by atomic mass is 16.1. The molecule has 0 radical (unpaired) electrons. The molecule has 1 aliphatic rings. The molecule has 26 heavy (non-hydrogen) atoms. The van der Waals surface area contributed by atoms with Crippen LogP contribution in [0.1, 0.15) is 38.1 Å². The second kappa shape index (κ2) is 5.70. The van der Waals surface area contributed by atoms with Gasteiger partial charge in [0.15, 0.2) is 0 Å². The fourth-order valence-corrected chi connectivity index (χ4v) is 4.38. The van der Waals surface area contributed by atoms with E-state index in [1.807, 2.05) is 23.1 Å². The second-order valence-corrected chi connectivity index (χ2v) is 7.09. The van der Waals surface area contributed by atoms with E-state index in [0.29, 0.717) is 28.9 Å². The maximum Gasteiger partial charge on any atom is 0.258 e. The van der Waals surface area contributed by atoms with Crippen LogP contribution in [0.2, 0.25) is 0 Å². The predicted molar refractivity (Wildman–Crippen MR) is 98.7 cm³/mol. The molecule has 0 saturated heterocycles. The van der Waals surface area contributed by atoms with Crippen molar-refractivity contribution in [2.75, 3.05) is 0 Å². The Bertz CT molecular complexity index is 1220. The molecule has 0 bridgehead atoms. The molecule has 1 atom stereocenters. The van der Waals surface area contributed by atoms with Crippen molar-refractivity contribution in [3.63, 3.8) is 0 Å². The molecule has 0 aromatic carbocycles. The molecule has 7 heteroatoms. The lowest BCUT2D eigenvalue weighted by atomic mass is 9.96. The number of rotatable bonds is 3. The molecule has 1 fully saturated rings. The summed E-state index contributed by atoms with van der Waals surface area (Å²) < 4.78 is 1.90. The maximum absolute atomic E-state index is 12.6. The van der Waals surface area contributed by atoms with Gasteiger partial charge in [0, 0.05) is 29.4 Å². The number of nitrogens with zero attached hydrogens (tertiary/aromatic N) is 4. The van der Waals surface area contributed by atoms with Crippen LogP contribution in [0.5, 0.6) is 0 Å². The average molecular weight is 346 g/mol. The van der Waals surface area contributed by atoms with Crippen molar-refractivity contribution < 1.29 is 0 Å². The number of hydrogen-bond acceptors (Lipinski definition) is 4. The van der Waals surface area contributed by atoms with E-state index in [2.05, 4.69) is 21.0 Å². The zero-order valence-electron chi connectivity index (χ0n) is 14.2. The summed E-state index contributed by atoms with van der Waals surface area (Å²) in [7, 11) is 0. The number of fused-ring (bicyclic) bond motifs is 2. The monoisotopic (exact) mass is 346 g/mol. The zero-order chi connectivity index (χ0) is 17.7. The molecule has 4 heterocycles. The minimum atomic E-state index is -0.177. The van der Waals surface area contributed by atoms with Crippen LogP contribution in [0.25, 0.3) is 32.8 Å². The first kappa shape index (κ1) is 15.1. The van der Waals surface area contributed by atoms with Gasteiger partial charge in [0.05, 0.1) is 29.4 Å². The van der Waals surface area contributed by atoms with E-state index in [9.17, 15) is 10.1 Å². The normalized spacial score (nSPS) is 16.6. The Labute approximate surface area is 148 Å². The van der Waals surface area contributed by atoms with Gasteiger partial charge in [-0.15, -0.1) is 0 Å². The van der Waals surface area contributed by atoms with E-state index >= 15 is 0 Å². The van der Waals surface area contributed by atoms with Gasteiger partial charge in [0.2, 0.25) is 0 Å². The van der Waals surface area contributed by atoms with Gasteiger partial charge in [0.25, 0.3) is 5.56 Å². The Balaban J connectivity index is 1.79. The third-order valence-electron chi connectivity index (χ3n) is 5.63. The first-order valence-corrected chi connectivity index (χ1v) is 9.00. The highest BCUT2D eigenvalue weighted by molar-refractivity contribution is 6.15. The van der Waals surface area contributed by atoms with Crippen LogP contribution in [0.4, 0.5) is 0 Å². The van der Waals surface area contributed by atoms with Crippen LogP contribution in [-0.4, -0.2) is 24.7 Å². The Hall–Kier alpha value is -3.14. The third kappa shape index (κ3) is 2.15. The Morgan fingerprint density at radius 2 is 2.19 bits per heavy atom. The SMILES string of the molecule is N#CCC(C1CCCC1)n1cc2[nH]c(=O)c3cnc4[nH]ccc(c2n1)c43. The number of pyridine rings is 1. The summed E-state index contributed by atoms with van der Waals surface area (Å²) in [4.78, 5) is 23.0. The third-order valence-corrected chi connectivity index (χ3v) is 5.63. The summed E-state index contributed by atoms with van der Waals surface area (Å²) in [6.07, 6.45) is 10.4. The van der Waals surface area contributed by atoms with Gasteiger partial charge in [-0.25, -0.2) is 4.98 Å². The van der Waals surface area contributed by atoms with Crippen LogP contribution in [0.3, 0.4) is 0 Å². The van der Waals surface area contributed by atoms with Gasteiger partial charge in [-0.2, -0.15) is 10.4 Å². The summed E-state index contributed by atoms with van der Waals surface area (Å²) in [6.45, 7) is 0. The smallest absolute Gasteiger partial charge is 0.258 e. The van der Waals surface area contributed by atoms with Crippen molar-refractivity contribution in [2.24, 2.45) is 5.92 Å². The van der Waals surface area contributed by atoms with E-state index in [4.69, 9.17) is 5.10 Å². The number of nitrogens with one attached hydrogen (secondary N) is 2. The molecule has 5 rings (SSSR count). The highest BCUT2D eigenvalue weighted by Gasteiger charge is 2.27. The van der Waals surface area contributed by atoms with Crippen molar-refractivity contribution in [1.82, 2.24) is 24.7 Å². The molecule has 7 nitrogen and oxygen atoms in total. The fraction of sp³-hybridized carbons (Fsp3) is 0.368. The van der Waals surface area contributed by atoms with Gasteiger partial charge in [-0.05, 0) is 24.8 Å². The molecule has 1 saturated carbocycles. The number of aromatic nitrogens is 5. The summed E-state index contributed by atoms with van der Waals surface area (Å²) in [5, 5.41) is 16.4. The summed E-state index contributed by atoms with van der Waals surface area (Å²) in [5.74, 6) is 0.467. The molecule has 0 spiro atoms. The minimum absolute atomic E-state index is 0.0503. The first-order valence-electron chi connectivity index (χ1n) is 9.00. The van der Waals surface area contributed by atoms with E-state index in [1.165, 1.54) is 12.8 Å².